The number of ether oxygens (including phenoxy) is 1. The molecule has 0 fully saturated rings. The molecule has 0 radical (unpaired) electrons. The van der Waals surface area contributed by atoms with Gasteiger partial charge in [-0.05, 0) is 27.3 Å². The van der Waals surface area contributed by atoms with E-state index in [-0.39, 0.29) is 0 Å². The number of aromatic nitrogens is 2. The highest BCUT2D eigenvalue weighted by atomic mass is 16.5. The van der Waals surface area contributed by atoms with Crippen LogP contribution in [0.4, 0.5) is 0 Å². The van der Waals surface area contributed by atoms with Crippen molar-refractivity contribution in [2.75, 3.05) is 20.2 Å². The van der Waals surface area contributed by atoms with E-state index in [2.05, 4.69) is 21.9 Å². The zero-order valence-electron chi connectivity index (χ0n) is 9.58. The number of hydrogen-bond donors (Lipinski definition) is 0. The normalized spacial score (nSPS) is 16.2. The minimum Gasteiger partial charge on any atom is -0.478 e. The van der Waals surface area contributed by atoms with Crippen LogP contribution in [0.25, 0.3) is 0 Å². The molecule has 82 valence electrons. The Labute approximate surface area is 90.3 Å². The molecule has 1 aromatic heterocycles. The minimum absolute atomic E-state index is 0.665. The second-order valence-electron chi connectivity index (χ2n) is 3.92. The molecule has 4 heteroatoms. The van der Waals surface area contributed by atoms with Gasteiger partial charge in [-0.2, -0.15) is 4.98 Å². The van der Waals surface area contributed by atoms with E-state index in [4.69, 9.17) is 4.74 Å². The van der Waals surface area contributed by atoms with E-state index >= 15 is 0 Å². The third kappa shape index (κ3) is 2.09. The molecule has 0 spiro atoms. The Morgan fingerprint density at radius 1 is 1.40 bits per heavy atom. The first kappa shape index (κ1) is 10.4. The molecule has 0 aromatic carbocycles. The standard InChI is InChI=1S/C11H17N3O/c1-4-15-11-9-5-6-14(3)7-10(9)12-8(2)13-11/h4-7H2,1-3H3. The zero-order chi connectivity index (χ0) is 10.8. The highest BCUT2D eigenvalue weighted by Gasteiger charge is 2.20. The van der Waals surface area contributed by atoms with Gasteiger partial charge in [0.25, 0.3) is 0 Å². The number of nitrogens with zero attached hydrogens (tertiary/aromatic N) is 3. The molecule has 0 atom stereocenters. The van der Waals surface area contributed by atoms with Gasteiger partial charge in [0.2, 0.25) is 5.88 Å². The van der Waals surface area contributed by atoms with Gasteiger partial charge in [-0.3, -0.25) is 0 Å². The monoisotopic (exact) mass is 207 g/mol. The quantitative estimate of drug-likeness (QED) is 0.729. The molecule has 2 rings (SSSR count). The van der Waals surface area contributed by atoms with Crippen molar-refractivity contribution < 1.29 is 4.74 Å². The minimum atomic E-state index is 0.665. The lowest BCUT2D eigenvalue weighted by Crippen LogP contribution is -2.28. The molecule has 15 heavy (non-hydrogen) atoms. The molecule has 1 aliphatic heterocycles. The first-order valence-electron chi connectivity index (χ1n) is 5.38. The molecule has 1 aliphatic rings. The molecule has 0 saturated heterocycles. The number of likely N-dealkylation sites (N-methyl/N-ethyl adjacent to an activating group) is 1. The summed E-state index contributed by atoms with van der Waals surface area (Å²) in [6, 6.07) is 0. The maximum Gasteiger partial charge on any atom is 0.220 e. The SMILES string of the molecule is CCOc1nc(C)nc2c1CCN(C)C2. The molecule has 0 unspecified atom stereocenters. The lowest BCUT2D eigenvalue weighted by atomic mass is 10.1. The smallest absolute Gasteiger partial charge is 0.220 e. The van der Waals surface area contributed by atoms with Crippen LogP contribution in [0, 0.1) is 6.92 Å². The van der Waals surface area contributed by atoms with E-state index in [1.54, 1.807) is 0 Å². The van der Waals surface area contributed by atoms with Crippen molar-refractivity contribution in [3.05, 3.63) is 17.1 Å². The summed E-state index contributed by atoms with van der Waals surface area (Å²) < 4.78 is 5.55. The maximum absolute atomic E-state index is 5.55. The van der Waals surface area contributed by atoms with E-state index < -0.39 is 0 Å². The van der Waals surface area contributed by atoms with Crippen molar-refractivity contribution in [3.8, 4) is 5.88 Å². The maximum atomic E-state index is 5.55. The van der Waals surface area contributed by atoms with Crippen LogP contribution in [0.1, 0.15) is 24.0 Å². The average molecular weight is 207 g/mol. The van der Waals surface area contributed by atoms with E-state index in [9.17, 15) is 0 Å². The number of aryl methyl sites for hydroxylation is 1. The summed E-state index contributed by atoms with van der Waals surface area (Å²) in [5.41, 5.74) is 2.32. The van der Waals surface area contributed by atoms with Crippen LogP contribution in [0.2, 0.25) is 0 Å². The Hall–Kier alpha value is -1.16. The Balaban J connectivity index is 2.39. The van der Waals surface area contributed by atoms with Crippen molar-refractivity contribution in [1.29, 1.82) is 0 Å². The fourth-order valence-corrected chi connectivity index (χ4v) is 1.90. The third-order valence-electron chi connectivity index (χ3n) is 2.61. The molecule has 0 amide bonds. The van der Waals surface area contributed by atoms with Crippen LogP contribution < -0.4 is 4.74 Å². The first-order valence-corrected chi connectivity index (χ1v) is 5.38. The summed E-state index contributed by atoms with van der Waals surface area (Å²) in [7, 11) is 2.11. The first-order chi connectivity index (χ1) is 7.20. The van der Waals surface area contributed by atoms with Crippen molar-refractivity contribution in [2.45, 2.75) is 26.8 Å². The van der Waals surface area contributed by atoms with Crippen molar-refractivity contribution in [1.82, 2.24) is 14.9 Å². The Kier molecular flexibility index (Phi) is 2.86. The van der Waals surface area contributed by atoms with Gasteiger partial charge < -0.3 is 9.64 Å². The molecular weight excluding hydrogens is 190 g/mol. The van der Waals surface area contributed by atoms with Crippen LogP contribution in [0.15, 0.2) is 0 Å². The predicted molar refractivity (Wildman–Crippen MR) is 58.0 cm³/mol. The molecule has 0 bridgehead atoms. The van der Waals surface area contributed by atoms with Crippen LogP contribution in [-0.2, 0) is 13.0 Å². The predicted octanol–water partition coefficient (Wildman–Crippen LogP) is 1.17. The fourth-order valence-electron chi connectivity index (χ4n) is 1.90. The number of fused-ring (bicyclic) bond motifs is 1. The van der Waals surface area contributed by atoms with Crippen molar-refractivity contribution >= 4 is 0 Å². The molecular formula is C11H17N3O. The summed E-state index contributed by atoms with van der Waals surface area (Å²) >= 11 is 0. The second-order valence-corrected chi connectivity index (χ2v) is 3.92. The Morgan fingerprint density at radius 2 is 2.20 bits per heavy atom. The molecule has 1 aromatic rings. The lowest BCUT2D eigenvalue weighted by molar-refractivity contribution is 0.284. The van der Waals surface area contributed by atoms with Crippen molar-refractivity contribution in [2.24, 2.45) is 0 Å². The topological polar surface area (TPSA) is 38.3 Å². The highest BCUT2D eigenvalue weighted by Crippen LogP contribution is 2.24. The van der Waals surface area contributed by atoms with Gasteiger partial charge in [-0.1, -0.05) is 0 Å². The summed E-state index contributed by atoms with van der Waals surface area (Å²) in [6.07, 6.45) is 0.988. The van der Waals surface area contributed by atoms with Crippen molar-refractivity contribution in [3.63, 3.8) is 0 Å². The highest BCUT2D eigenvalue weighted by molar-refractivity contribution is 5.33. The van der Waals surface area contributed by atoms with Gasteiger partial charge in [0.15, 0.2) is 0 Å². The van der Waals surface area contributed by atoms with Gasteiger partial charge in [0.1, 0.15) is 5.82 Å². The number of rotatable bonds is 2. The summed E-state index contributed by atoms with van der Waals surface area (Å²) in [4.78, 5) is 11.1. The van der Waals surface area contributed by atoms with E-state index in [0.29, 0.717) is 6.61 Å². The van der Waals surface area contributed by atoms with E-state index in [0.717, 1.165) is 36.9 Å². The Bertz CT molecular complexity index is 348. The molecule has 0 saturated carbocycles. The average Bonchev–Trinajstić information content (AvgIpc) is 2.17. The van der Waals surface area contributed by atoms with Gasteiger partial charge in [0, 0.05) is 18.7 Å². The summed E-state index contributed by atoms with van der Waals surface area (Å²) in [6.45, 7) is 6.52. The third-order valence-corrected chi connectivity index (χ3v) is 2.61. The molecule has 0 N–H and O–H groups in total. The van der Waals surface area contributed by atoms with Crippen LogP contribution in [0.3, 0.4) is 0 Å². The van der Waals surface area contributed by atoms with Gasteiger partial charge in [-0.25, -0.2) is 4.98 Å². The van der Waals surface area contributed by atoms with Crippen LogP contribution in [0.5, 0.6) is 5.88 Å². The summed E-state index contributed by atoms with van der Waals surface area (Å²) in [5.74, 6) is 1.58. The summed E-state index contributed by atoms with van der Waals surface area (Å²) in [5, 5.41) is 0. The molecule has 4 nitrogen and oxygen atoms in total. The van der Waals surface area contributed by atoms with Gasteiger partial charge >= 0.3 is 0 Å². The molecule has 0 aliphatic carbocycles. The largest absolute Gasteiger partial charge is 0.478 e. The Morgan fingerprint density at radius 3 is 2.93 bits per heavy atom. The van der Waals surface area contributed by atoms with E-state index in [1.165, 1.54) is 5.56 Å². The fraction of sp³-hybridized carbons (Fsp3) is 0.636. The van der Waals surface area contributed by atoms with Crippen LogP contribution >= 0.6 is 0 Å². The van der Waals surface area contributed by atoms with E-state index in [1.807, 2.05) is 13.8 Å². The second kappa shape index (κ2) is 4.14. The molecule has 2 heterocycles. The van der Waals surface area contributed by atoms with Crippen LogP contribution in [-0.4, -0.2) is 35.1 Å². The number of hydrogen-bond acceptors (Lipinski definition) is 4. The zero-order valence-corrected chi connectivity index (χ0v) is 9.58. The van der Waals surface area contributed by atoms with Gasteiger partial charge in [-0.15, -0.1) is 0 Å². The van der Waals surface area contributed by atoms with Gasteiger partial charge in [0.05, 0.1) is 12.3 Å². The lowest BCUT2D eigenvalue weighted by Gasteiger charge is -2.25.